The first-order valence-corrected chi connectivity index (χ1v) is 6.13. The molecule has 0 aliphatic rings. The number of aliphatic hydroxyl groups excluding tert-OH is 1. The molecule has 1 aromatic heterocycles. The average Bonchev–Trinajstić information content (AvgIpc) is 2.83. The Bertz CT molecular complexity index is 621. The summed E-state index contributed by atoms with van der Waals surface area (Å²) in [5, 5.41) is 21.3. The lowest BCUT2D eigenvalue weighted by Gasteiger charge is -2.07. The summed E-state index contributed by atoms with van der Waals surface area (Å²) in [6, 6.07) is 7.14. The lowest BCUT2D eigenvalue weighted by atomic mass is 10.2. The number of nitrogens with zero attached hydrogens (tertiary/aromatic N) is 3. The number of aliphatic hydroxyl groups is 1. The van der Waals surface area contributed by atoms with Crippen molar-refractivity contribution in [3.63, 3.8) is 0 Å². The number of aromatic amines is 1. The molecule has 0 unspecified atom stereocenters. The maximum Gasteiger partial charge on any atom is 0.242 e. The fourth-order valence-electron chi connectivity index (χ4n) is 1.55. The van der Waals surface area contributed by atoms with E-state index in [9.17, 15) is 4.79 Å². The molecular formula is C11H13N5O2S. The number of H-pyrrole nitrogens is 1. The third kappa shape index (κ3) is 3.46. The van der Waals surface area contributed by atoms with Crippen LogP contribution in [-0.4, -0.2) is 37.8 Å². The molecule has 0 radical (unpaired) electrons. The molecule has 8 heteroatoms. The highest BCUT2D eigenvalue weighted by Gasteiger charge is 2.04. The van der Waals surface area contributed by atoms with Gasteiger partial charge in [-0.15, -0.1) is 0 Å². The number of aromatic nitrogens is 4. The zero-order chi connectivity index (χ0) is 13.7. The molecule has 0 bridgehead atoms. The molecule has 19 heavy (non-hydrogen) atoms. The number of hydrogen-bond acceptors (Lipinski definition) is 5. The van der Waals surface area contributed by atoms with Crippen molar-refractivity contribution >= 4 is 23.8 Å². The van der Waals surface area contributed by atoms with Crippen molar-refractivity contribution in [2.24, 2.45) is 0 Å². The molecule has 0 aliphatic carbocycles. The van der Waals surface area contributed by atoms with Gasteiger partial charge in [0.2, 0.25) is 10.7 Å². The Balaban J connectivity index is 2.14. The molecule has 0 saturated carbocycles. The second-order valence-corrected chi connectivity index (χ2v) is 4.21. The van der Waals surface area contributed by atoms with Crippen molar-refractivity contribution in [1.29, 1.82) is 0 Å². The SMILES string of the molecule is O=C(CCCO)Nc1cccc(-n2[nH]nnc2=S)c1. The van der Waals surface area contributed by atoms with Crippen LogP contribution in [0.2, 0.25) is 0 Å². The molecule has 1 amide bonds. The summed E-state index contributed by atoms with van der Waals surface area (Å²) < 4.78 is 1.84. The van der Waals surface area contributed by atoms with Gasteiger partial charge in [0.05, 0.1) is 5.69 Å². The van der Waals surface area contributed by atoms with E-state index in [1.807, 2.05) is 6.07 Å². The van der Waals surface area contributed by atoms with Crippen molar-refractivity contribution in [1.82, 2.24) is 20.2 Å². The third-order valence-corrected chi connectivity index (χ3v) is 2.69. The van der Waals surface area contributed by atoms with Crippen LogP contribution in [0.1, 0.15) is 12.8 Å². The lowest BCUT2D eigenvalue weighted by Crippen LogP contribution is -2.12. The Hall–Kier alpha value is -2.06. The maximum absolute atomic E-state index is 11.6. The molecular weight excluding hydrogens is 266 g/mol. The lowest BCUT2D eigenvalue weighted by molar-refractivity contribution is -0.116. The zero-order valence-corrected chi connectivity index (χ0v) is 10.9. The van der Waals surface area contributed by atoms with Gasteiger partial charge in [0.25, 0.3) is 0 Å². The summed E-state index contributed by atoms with van der Waals surface area (Å²) in [5.74, 6) is -0.141. The van der Waals surface area contributed by atoms with Gasteiger partial charge in [-0.25, -0.2) is 4.68 Å². The van der Waals surface area contributed by atoms with Crippen LogP contribution in [0.25, 0.3) is 5.69 Å². The number of carbonyl (C=O) groups is 1. The molecule has 1 heterocycles. The molecule has 0 atom stereocenters. The maximum atomic E-state index is 11.6. The number of anilines is 1. The second kappa shape index (κ2) is 6.21. The number of nitrogens with one attached hydrogen (secondary N) is 2. The Kier molecular flexibility index (Phi) is 4.37. The number of benzene rings is 1. The van der Waals surface area contributed by atoms with Crippen molar-refractivity contribution in [3.8, 4) is 5.69 Å². The van der Waals surface area contributed by atoms with Crippen LogP contribution in [-0.2, 0) is 4.79 Å². The highest BCUT2D eigenvalue weighted by molar-refractivity contribution is 7.71. The molecule has 3 N–H and O–H groups in total. The van der Waals surface area contributed by atoms with Gasteiger partial charge in [0, 0.05) is 18.7 Å². The van der Waals surface area contributed by atoms with Gasteiger partial charge < -0.3 is 10.4 Å². The van der Waals surface area contributed by atoms with Crippen LogP contribution in [0.4, 0.5) is 5.69 Å². The zero-order valence-electron chi connectivity index (χ0n) is 10.0. The third-order valence-electron chi connectivity index (χ3n) is 2.42. The smallest absolute Gasteiger partial charge is 0.242 e. The molecule has 0 saturated heterocycles. The number of amides is 1. The van der Waals surface area contributed by atoms with Crippen molar-refractivity contribution in [2.75, 3.05) is 11.9 Å². The summed E-state index contributed by atoms with van der Waals surface area (Å²) in [5.41, 5.74) is 1.38. The Morgan fingerprint density at radius 3 is 3.05 bits per heavy atom. The summed E-state index contributed by atoms with van der Waals surface area (Å²) in [7, 11) is 0. The predicted molar refractivity (Wildman–Crippen MR) is 71.5 cm³/mol. The summed E-state index contributed by atoms with van der Waals surface area (Å²) >= 11 is 5.00. The topological polar surface area (TPSA) is 95.8 Å². The number of carbonyl (C=O) groups excluding carboxylic acids is 1. The Morgan fingerprint density at radius 2 is 2.37 bits per heavy atom. The van der Waals surface area contributed by atoms with Gasteiger partial charge in [0.15, 0.2) is 0 Å². The number of tetrazole rings is 1. The van der Waals surface area contributed by atoms with E-state index in [1.165, 1.54) is 4.68 Å². The van der Waals surface area contributed by atoms with Crippen LogP contribution < -0.4 is 5.32 Å². The van der Waals surface area contributed by atoms with Gasteiger partial charge in [-0.3, -0.25) is 4.79 Å². The van der Waals surface area contributed by atoms with Gasteiger partial charge in [-0.2, -0.15) is 5.21 Å². The second-order valence-electron chi connectivity index (χ2n) is 3.84. The van der Waals surface area contributed by atoms with Crippen LogP contribution in [0.3, 0.4) is 0 Å². The first kappa shape index (κ1) is 13.4. The molecule has 1 aromatic carbocycles. The van der Waals surface area contributed by atoms with Crippen molar-refractivity contribution < 1.29 is 9.90 Å². The standard InChI is InChI=1S/C11H13N5O2S/c17-6-2-5-10(18)12-8-3-1-4-9(7-8)16-11(19)13-14-15-16/h1,3-4,7,17H,2,5-6H2,(H,12,18)(H,13,15,19). The molecule has 2 rings (SSSR count). The van der Waals surface area contributed by atoms with Crippen LogP contribution in [0.15, 0.2) is 24.3 Å². The van der Waals surface area contributed by atoms with E-state index in [0.717, 1.165) is 5.69 Å². The fourth-order valence-corrected chi connectivity index (χ4v) is 1.74. The average molecular weight is 279 g/mol. The molecule has 100 valence electrons. The van der Waals surface area contributed by atoms with Crippen LogP contribution >= 0.6 is 12.2 Å². The minimum absolute atomic E-state index is 0.00242. The van der Waals surface area contributed by atoms with Gasteiger partial charge in [-0.1, -0.05) is 16.4 Å². The number of hydrogen-bond donors (Lipinski definition) is 3. The van der Waals surface area contributed by atoms with E-state index < -0.39 is 0 Å². The quantitative estimate of drug-likeness (QED) is 0.711. The van der Waals surface area contributed by atoms with E-state index in [2.05, 4.69) is 20.8 Å². The highest BCUT2D eigenvalue weighted by Crippen LogP contribution is 2.14. The summed E-state index contributed by atoms with van der Waals surface area (Å²) in [6.07, 6.45) is 0.729. The van der Waals surface area contributed by atoms with Gasteiger partial charge >= 0.3 is 0 Å². The van der Waals surface area contributed by atoms with E-state index >= 15 is 0 Å². The first-order valence-electron chi connectivity index (χ1n) is 5.72. The normalized spacial score (nSPS) is 10.4. The minimum Gasteiger partial charge on any atom is -0.396 e. The molecule has 0 aliphatic heterocycles. The minimum atomic E-state index is -0.141. The predicted octanol–water partition coefficient (Wildman–Crippen LogP) is 1.04. The molecule has 0 fully saturated rings. The van der Waals surface area contributed by atoms with Gasteiger partial charge in [0.1, 0.15) is 0 Å². The van der Waals surface area contributed by atoms with Crippen molar-refractivity contribution in [2.45, 2.75) is 12.8 Å². The van der Waals surface area contributed by atoms with Crippen LogP contribution in [0, 0.1) is 4.77 Å². The monoisotopic (exact) mass is 279 g/mol. The van der Waals surface area contributed by atoms with E-state index in [0.29, 0.717) is 16.9 Å². The largest absolute Gasteiger partial charge is 0.396 e. The Labute approximate surface area is 114 Å². The molecule has 2 aromatic rings. The Morgan fingerprint density at radius 1 is 1.53 bits per heavy atom. The van der Waals surface area contributed by atoms with Crippen LogP contribution in [0.5, 0.6) is 0 Å². The fraction of sp³-hybridized carbons (Fsp3) is 0.273. The van der Waals surface area contributed by atoms with E-state index in [-0.39, 0.29) is 18.9 Å². The molecule has 0 spiro atoms. The van der Waals surface area contributed by atoms with Gasteiger partial charge in [-0.05, 0) is 36.8 Å². The highest BCUT2D eigenvalue weighted by atomic mass is 32.1. The van der Waals surface area contributed by atoms with E-state index in [4.69, 9.17) is 17.3 Å². The first-order chi connectivity index (χ1) is 9.20. The van der Waals surface area contributed by atoms with Crippen molar-refractivity contribution in [3.05, 3.63) is 29.0 Å². The molecule has 7 nitrogen and oxygen atoms in total. The summed E-state index contributed by atoms with van der Waals surface area (Å²) in [4.78, 5) is 11.6. The summed E-state index contributed by atoms with van der Waals surface area (Å²) in [6.45, 7) is 0.00242. The van der Waals surface area contributed by atoms with E-state index in [1.54, 1.807) is 18.2 Å². The number of rotatable bonds is 5.